The maximum atomic E-state index is 12.2. The lowest BCUT2D eigenvalue weighted by Crippen LogP contribution is -2.52. The average molecular weight is 210 g/mol. The number of rotatable bonds is 3. The minimum atomic E-state index is -0.285. The third-order valence-corrected chi connectivity index (χ3v) is 3.97. The van der Waals surface area contributed by atoms with Crippen LogP contribution < -0.4 is 5.32 Å². The van der Waals surface area contributed by atoms with Crippen molar-refractivity contribution in [2.75, 3.05) is 20.1 Å². The summed E-state index contributed by atoms with van der Waals surface area (Å²) in [6.07, 6.45) is 3.40. The Bertz CT molecular complexity index is 258. The topological polar surface area (TPSA) is 32.3 Å². The van der Waals surface area contributed by atoms with Crippen LogP contribution in [0.4, 0.5) is 0 Å². The van der Waals surface area contributed by atoms with Gasteiger partial charge in [-0.1, -0.05) is 6.92 Å². The van der Waals surface area contributed by atoms with Crippen molar-refractivity contribution in [3.63, 3.8) is 0 Å². The van der Waals surface area contributed by atoms with Crippen LogP contribution in [0.25, 0.3) is 0 Å². The number of carbonyl (C=O) groups is 1. The van der Waals surface area contributed by atoms with Gasteiger partial charge in [-0.3, -0.25) is 4.79 Å². The summed E-state index contributed by atoms with van der Waals surface area (Å²) >= 11 is 0. The van der Waals surface area contributed by atoms with Gasteiger partial charge >= 0.3 is 0 Å². The summed E-state index contributed by atoms with van der Waals surface area (Å²) in [5.41, 5.74) is -0.285. The molecule has 2 aliphatic rings. The van der Waals surface area contributed by atoms with Gasteiger partial charge in [0.2, 0.25) is 5.91 Å². The Kier molecular flexibility index (Phi) is 2.75. The van der Waals surface area contributed by atoms with Crippen molar-refractivity contribution in [3.05, 3.63) is 0 Å². The average Bonchev–Trinajstić information content (AvgIpc) is 2.70. The van der Waals surface area contributed by atoms with Gasteiger partial charge in [0.1, 0.15) is 0 Å². The molecule has 0 radical (unpaired) electrons. The molecule has 1 aliphatic carbocycles. The second-order valence-electron chi connectivity index (χ2n) is 5.52. The molecule has 0 bridgehead atoms. The van der Waals surface area contributed by atoms with Crippen LogP contribution in [0.15, 0.2) is 0 Å². The van der Waals surface area contributed by atoms with E-state index >= 15 is 0 Å². The molecule has 1 aliphatic heterocycles. The predicted octanol–water partition coefficient (Wildman–Crippen LogP) is 1.24. The van der Waals surface area contributed by atoms with E-state index in [1.807, 2.05) is 18.9 Å². The van der Waals surface area contributed by atoms with Crippen LogP contribution in [-0.4, -0.2) is 36.5 Å². The molecule has 0 aromatic carbocycles. The molecule has 1 N–H and O–H groups in total. The number of nitrogens with one attached hydrogen (secondary N) is 1. The number of amides is 1. The maximum Gasteiger partial charge on any atom is 0.242 e. The summed E-state index contributed by atoms with van der Waals surface area (Å²) in [5.74, 6) is 1.85. The number of carbonyl (C=O) groups excluding carboxylic acids is 1. The van der Waals surface area contributed by atoms with E-state index in [9.17, 15) is 4.79 Å². The first-order chi connectivity index (χ1) is 7.03. The lowest BCUT2D eigenvalue weighted by molar-refractivity contribution is -0.136. The molecule has 1 amide bonds. The fourth-order valence-electron chi connectivity index (χ4n) is 2.59. The van der Waals surface area contributed by atoms with Gasteiger partial charge in [-0.2, -0.15) is 0 Å². The normalized spacial score (nSPS) is 39.1. The molecular formula is C12H22N2O. The molecule has 86 valence electrons. The summed E-state index contributed by atoms with van der Waals surface area (Å²) < 4.78 is 0. The molecule has 15 heavy (non-hydrogen) atoms. The van der Waals surface area contributed by atoms with Crippen molar-refractivity contribution in [2.45, 2.75) is 38.6 Å². The number of hydrogen-bond donors (Lipinski definition) is 1. The molecule has 3 heteroatoms. The zero-order valence-electron chi connectivity index (χ0n) is 10.0. The minimum absolute atomic E-state index is 0.277. The molecule has 3 unspecified atom stereocenters. The fourth-order valence-corrected chi connectivity index (χ4v) is 2.59. The SMILES string of the molecule is CC1CC1CN(C)C(=O)C1(C)CCCN1. The summed E-state index contributed by atoms with van der Waals surface area (Å²) in [5, 5.41) is 3.33. The van der Waals surface area contributed by atoms with Gasteiger partial charge < -0.3 is 10.2 Å². The van der Waals surface area contributed by atoms with Crippen LogP contribution in [0, 0.1) is 11.8 Å². The van der Waals surface area contributed by atoms with Gasteiger partial charge in [0, 0.05) is 13.6 Å². The van der Waals surface area contributed by atoms with Crippen molar-refractivity contribution in [1.29, 1.82) is 0 Å². The largest absolute Gasteiger partial charge is 0.344 e. The molecule has 3 nitrogen and oxygen atoms in total. The van der Waals surface area contributed by atoms with Crippen LogP contribution >= 0.6 is 0 Å². The van der Waals surface area contributed by atoms with E-state index in [0.717, 1.165) is 37.8 Å². The number of hydrogen-bond acceptors (Lipinski definition) is 2. The van der Waals surface area contributed by atoms with Crippen LogP contribution in [0.2, 0.25) is 0 Å². The lowest BCUT2D eigenvalue weighted by atomic mass is 9.98. The Labute approximate surface area is 92.2 Å². The highest BCUT2D eigenvalue weighted by Crippen LogP contribution is 2.38. The minimum Gasteiger partial charge on any atom is -0.344 e. The highest BCUT2D eigenvalue weighted by Gasteiger charge is 2.40. The van der Waals surface area contributed by atoms with Crippen LogP contribution in [0.1, 0.15) is 33.1 Å². The summed E-state index contributed by atoms with van der Waals surface area (Å²) in [4.78, 5) is 14.1. The summed E-state index contributed by atoms with van der Waals surface area (Å²) in [6, 6.07) is 0. The van der Waals surface area contributed by atoms with Crippen molar-refractivity contribution in [1.82, 2.24) is 10.2 Å². The Morgan fingerprint density at radius 3 is 2.73 bits per heavy atom. The summed E-state index contributed by atoms with van der Waals surface area (Å²) in [6.45, 7) is 6.22. The van der Waals surface area contributed by atoms with Crippen molar-refractivity contribution >= 4 is 5.91 Å². The Balaban J connectivity index is 1.88. The zero-order valence-corrected chi connectivity index (χ0v) is 10.0. The van der Waals surface area contributed by atoms with E-state index in [2.05, 4.69) is 12.2 Å². The first-order valence-electron chi connectivity index (χ1n) is 6.03. The molecule has 1 heterocycles. The number of likely N-dealkylation sites (N-methyl/N-ethyl adjacent to an activating group) is 1. The molecule has 2 rings (SSSR count). The van der Waals surface area contributed by atoms with E-state index in [1.54, 1.807) is 0 Å². The molecule has 3 atom stereocenters. The summed E-state index contributed by atoms with van der Waals surface area (Å²) in [7, 11) is 1.94. The fraction of sp³-hybridized carbons (Fsp3) is 0.917. The van der Waals surface area contributed by atoms with Crippen molar-refractivity contribution in [3.8, 4) is 0 Å². The smallest absolute Gasteiger partial charge is 0.242 e. The highest BCUT2D eigenvalue weighted by atomic mass is 16.2. The first kappa shape index (κ1) is 10.9. The van der Waals surface area contributed by atoms with E-state index in [-0.39, 0.29) is 11.4 Å². The quantitative estimate of drug-likeness (QED) is 0.760. The third kappa shape index (κ3) is 2.17. The molecular weight excluding hydrogens is 188 g/mol. The van der Waals surface area contributed by atoms with Crippen LogP contribution in [-0.2, 0) is 4.79 Å². The standard InChI is InChI=1S/C12H22N2O/c1-9-7-10(9)8-14(3)11(15)12(2)5-4-6-13-12/h9-10,13H,4-8H2,1-3H3. The van der Waals surface area contributed by atoms with Gasteiger partial charge in [0.15, 0.2) is 0 Å². The van der Waals surface area contributed by atoms with Gasteiger partial charge in [-0.25, -0.2) is 0 Å². The predicted molar refractivity (Wildman–Crippen MR) is 60.5 cm³/mol. The Hall–Kier alpha value is -0.570. The highest BCUT2D eigenvalue weighted by molar-refractivity contribution is 5.86. The van der Waals surface area contributed by atoms with Gasteiger partial charge in [-0.05, 0) is 44.6 Å². The molecule has 1 saturated carbocycles. The molecule has 2 fully saturated rings. The van der Waals surface area contributed by atoms with E-state index in [4.69, 9.17) is 0 Å². The molecule has 1 saturated heterocycles. The molecule has 0 aromatic heterocycles. The van der Waals surface area contributed by atoms with Gasteiger partial charge in [0.05, 0.1) is 5.54 Å². The van der Waals surface area contributed by atoms with Crippen molar-refractivity contribution in [2.24, 2.45) is 11.8 Å². The van der Waals surface area contributed by atoms with E-state index in [0.29, 0.717) is 0 Å². The second-order valence-corrected chi connectivity index (χ2v) is 5.52. The second kappa shape index (κ2) is 3.78. The van der Waals surface area contributed by atoms with E-state index in [1.165, 1.54) is 6.42 Å². The zero-order chi connectivity index (χ0) is 11.1. The monoisotopic (exact) mass is 210 g/mol. The van der Waals surface area contributed by atoms with Crippen LogP contribution in [0.3, 0.4) is 0 Å². The maximum absolute atomic E-state index is 12.2. The number of nitrogens with zero attached hydrogens (tertiary/aromatic N) is 1. The lowest BCUT2D eigenvalue weighted by Gasteiger charge is -2.29. The molecule has 0 spiro atoms. The Morgan fingerprint density at radius 2 is 2.27 bits per heavy atom. The van der Waals surface area contributed by atoms with Crippen LogP contribution in [0.5, 0.6) is 0 Å². The third-order valence-electron chi connectivity index (χ3n) is 3.97. The van der Waals surface area contributed by atoms with Crippen molar-refractivity contribution < 1.29 is 4.79 Å². The first-order valence-corrected chi connectivity index (χ1v) is 6.03. The Morgan fingerprint density at radius 1 is 1.60 bits per heavy atom. The van der Waals surface area contributed by atoms with Gasteiger partial charge in [0.25, 0.3) is 0 Å². The van der Waals surface area contributed by atoms with E-state index < -0.39 is 0 Å². The molecule has 0 aromatic rings. The van der Waals surface area contributed by atoms with Gasteiger partial charge in [-0.15, -0.1) is 0 Å².